The van der Waals surface area contributed by atoms with E-state index in [-0.39, 0.29) is 6.71 Å². The van der Waals surface area contributed by atoms with Crippen LogP contribution >= 0.6 is 0 Å². The van der Waals surface area contributed by atoms with Gasteiger partial charge in [0.15, 0.2) is 0 Å². The van der Waals surface area contributed by atoms with Crippen molar-refractivity contribution in [2.75, 3.05) is 0 Å². The summed E-state index contributed by atoms with van der Waals surface area (Å²) in [4.78, 5) is 0. The lowest BCUT2D eigenvalue weighted by Gasteiger charge is -2.19. The minimum atomic E-state index is -0.106. The maximum atomic E-state index is 6.48. The molecule has 0 unspecified atom stereocenters. The lowest BCUT2D eigenvalue weighted by molar-refractivity contribution is 0.669. The van der Waals surface area contributed by atoms with Gasteiger partial charge in [-0.1, -0.05) is 162 Å². The maximum Gasteiger partial charge on any atom is 0.241 e. The molecule has 0 fully saturated rings. The Morgan fingerprint density at radius 2 is 0.481 bits per heavy atom. The quantitative estimate of drug-likeness (QED) is 0.156. The van der Waals surface area contributed by atoms with Gasteiger partial charge in [-0.15, -0.1) is 0 Å². The number of nitrogens with zero attached hydrogens (tertiary/aromatic N) is 3. The van der Waals surface area contributed by atoms with Gasteiger partial charge in [0.2, 0.25) is 6.71 Å². The average Bonchev–Trinajstić information content (AvgIpc) is 4.53. The third-order valence-corrected chi connectivity index (χ3v) is 17.0. The standard InChI is InChI=1S/C72H42BN3O3/c1-7-19-58-49(13-1)52-37-40-64-67(55-16-4-10-22-61(55)77-64)70(52)74(58)46-31-25-43(26-32-46)73(44-27-33-47(34-28-44)75-59-20-8-2-14-50(59)53-38-41-65-68(71(53)75)56-17-5-11-23-62(56)78-65)45-29-35-48(36-30-45)76-60-21-9-3-15-51(60)54-39-42-66-69(72(54)76)57-18-6-12-24-63(57)79-66/h1-42H. The van der Waals surface area contributed by atoms with Crippen molar-refractivity contribution in [3.8, 4) is 17.1 Å². The Bertz CT molecular complexity index is 5000. The van der Waals surface area contributed by atoms with Crippen LogP contribution in [0.15, 0.2) is 268 Å². The molecular formula is C72H42BN3O3. The first-order valence-corrected chi connectivity index (χ1v) is 27.0. The summed E-state index contributed by atoms with van der Waals surface area (Å²) in [6.07, 6.45) is 0. The Kier molecular flexibility index (Phi) is 8.66. The third kappa shape index (κ3) is 5.96. The van der Waals surface area contributed by atoms with Crippen molar-refractivity contribution in [2.24, 2.45) is 0 Å². The van der Waals surface area contributed by atoms with Crippen LogP contribution < -0.4 is 16.4 Å². The second-order valence-corrected chi connectivity index (χ2v) is 21.1. The van der Waals surface area contributed by atoms with Crippen LogP contribution in [0.25, 0.3) is 148 Å². The van der Waals surface area contributed by atoms with Crippen molar-refractivity contribution >= 4 is 154 Å². The molecule has 0 amide bonds. The molecule has 18 aromatic rings. The van der Waals surface area contributed by atoms with Gasteiger partial charge < -0.3 is 27.0 Å². The van der Waals surface area contributed by atoms with Crippen LogP contribution in [0.1, 0.15) is 0 Å². The number of para-hydroxylation sites is 6. The van der Waals surface area contributed by atoms with Gasteiger partial charge in [0, 0.05) is 65.5 Å². The molecule has 0 aliphatic heterocycles. The molecular weight excluding hydrogens is 966 g/mol. The van der Waals surface area contributed by atoms with Crippen molar-refractivity contribution in [3.63, 3.8) is 0 Å². The number of rotatable bonds is 6. The second kappa shape index (κ2) is 16.0. The van der Waals surface area contributed by atoms with Crippen molar-refractivity contribution in [2.45, 2.75) is 0 Å². The van der Waals surface area contributed by atoms with Crippen molar-refractivity contribution < 1.29 is 13.3 Å². The summed E-state index contributed by atoms with van der Waals surface area (Å²) in [5, 5.41) is 14.0. The van der Waals surface area contributed by atoms with E-state index >= 15 is 0 Å². The lowest BCUT2D eigenvalue weighted by Crippen LogP contribution is -2.52. The summed E-state index contributed by atoms with van der Waals surface area (Å²) in [5.41, 5.74) is 19.1. The van der Waals surface area contributed by atoms with Gasteiger partial charge in [-0.3, -0.25) is 0 Å². The molecule has 0 radical (unpaired) electrons. The number of furan rings is 3. The van der Waals surface area contributed by atoms with Gasteiger partial charge in [0.25, 0.3) is 0 Å². The molecule has 0 bridgehead atoms. The second-order valence-electron chi connectivity index (χ2n) is 21.1. The van der Waals surface area contributed by atoms with Gasteiger partial charge in [0.05, 0.1) is 49.3 Å². The smallest absolute Gasteiger partial charge is 0.241 e. The van der Waals surface area contributed by atoms with Gasteiger partial charge >= 0.3 is 0 Å². The minimum absolute atomic E-state index is 0.106. The van der Waals surface area contributed by atoms with E-state index in [1.54, 1.807) is 0 Å². The van der Waals surface area contributed by atoms with Gasteiger partial charge in [-0.05, 0) is 109 Å². The number of benzene rings is 12. The van der Waals surface area contributed by atoms with E-state index in [1.165, 1.54) is 48.7 Å². The molecule has 0 saturated heterocycles. The van der Waals surface area contributed by atoms with E-state index in [0.29, 0.717) is 0 Å². The Morgan fingerprint density at radius 1 is 0.215 bits per heavy atom. The molecule has 6 heterocycles. The van der Waals surface area contributed by atoms with Gasteiger partial charge in [-0.2, -0.15) is 0 Å². The molecule has 6 nitrogen and oxygen atoms in total. The highest BCUT2D eigenvalue weighted by atomic mass is 16.3. The molecule has 6 aromatic heterocycles. The fourth-order valence-electron chi connectivity index (χ4n) is 13.6. The molecule has 0 N–H and O–H groups in total. The van der Waals surface area contributed by atoms with Crippen LogP contribution in [0.2, 0.25) is 0 Å². The van der Waals surface area contributed by atoms with Crippen molar-refractivity contribution in [1.29, 1.82) is 0 Å². The zero-order valence-corrected chi connectivity index (χ0v) is 42.4. The molecule has 366 valence electrons. The fourth-order valence-corrected chi connectivity index (χ4v) is 13.6. The Hall–Kier alpha value is -10.5. The van der Waals surface area contributed by atoms with Crippen LogP contribution in [-0.2, 0) is 0 Å². The number of hydrogen-bond donors (Lipinski definition) is 0. The predicted molar refractivity (Wildman–Crippen MR) is 329 cm³/mol. The maximum absolute atomic E-state index is 6.48. The lowest BCUT2D eigenvalue weighted by atomic mass is 9.37. The molecule has 0 aliphatic rings. The third-order valence-electron chi connectivity index (χ3n) is 17.0. The van der Waals surface area contributed by atoms with Crippen LogP contribution in [0.5, 0.6) is 0 Å². The molecule has 0 atom stereocenters. The van der Waals surface area contributed by atoms with E-state index in [2.05, 4.69) is 250 Å². The number of hydrogen-bond acceptors (Lipinski definition) is 3. The van der Waals surface area contributed by atoms with E-state index in [4.69, 9.17) is 13.3 Å². The van der Waals surface area contributed by atoms with E-state index < -0.39 is 0 Å². The normalized spacial score (nSPS) is 12.3. The summed E-state index contributed by atoms with van der Waals surface area (Å²) < 4.78 is 26.7. The molecule has 0 saturated carbocycles. The van der Waals surface area contributed by atoms with Gasteiger partial charge in [0.1, 0.15) is 33.5 Å². The zero-order chi connectivity index (χ0) is 51.4. The fraction of sp³-hybridized carbons (Fsp3) is 0. The van der Waals surface area contributed by atoms with Crippen LogP contribution in [-0.4, -0.2) is 20.4 Å². The minimum Gasteiger partial charge on any atom is -0.456 e. The van der Waals surface area contributed by atoms with E-state index in [1.807, 2.05) is 18.2 Å². The highest BCUT2D eigenvalue weighted by Gasteiger charge is 2.26. The number of aromatic nitrogens is 3. The number of fused-ring (bicyclic) bond motifs is 21. The van der Waals surface area contributed by atoms with Crippen molar-refractivity contribution in [1.82, 2.24) is 13.7 Å². The van der Waals surface area contributed by atoms with Crippen LogP contribution in [0.4, 0.5) is 0 Å². The van der Waals surface area contributed by atoms with E-state index in [0.717, 1.165) is 116 Å². The van der Waals surface area contributed by atoms with E-state index in [9.17, 15) is 0 Å². The summed E-state index contributed by atoms with van der Waals surface area (Å²) in [7, 11) is 0. The predicted octanol–water partition coefficient (Wildman–Crippen LogP) is 17.2. The first-order chi connectivity index (χ1) is 39.2. The average molecular weight is 1010 g/mol. The summed E-state index contributed by atoms with van der Waals surface area (Å²) >= 11 is 0. The molecule has 0 spiro atoms. The largest absolute Gasteiger partial charge is 0.456 e. The molecule has 18 rings (SSSR count). The first-order valence-electron chi connectivity index (χ1n) is 27.0. The Morgan fingerprint density at radius 3 is 0.785 bits per heavy atom. The highest BCUT2D eigenvalue weighted by molar-refractivity contribution is 6.95. The molecule has 79 heavy (non-hydrogen) atoms. The molecule has 0 aliphatic carbocycles. The van der Waals surface area contributed by atoms with Crippen LogP contribution in [0.3, 0.4) is 0 Å². The van der Waals surface area contributed by atoms with Gasteiger partial charge in [-0.25, -0.2) is 0 Å². The van der Waals surface area contributed by atoms with Crippen molar-refractivity contribution in [3.05, 3.63) is 255 Å². The first kappa shape index (κ1) is 42.7. The summed E-state index contributed by atoms with van der Waals surface area (Å²) in [5.74, 6) is 0. The Labute approximate surface area is 450 Å². The molecule has 12 aromatic carbocycles. The monoisotopic (exact) mass is 1010 g/mol. The topological polar surface area (TPSA) is 54.2 Å². The SMILES string of the molecule is c1ccc2c(c1)oc1ccc3c4ccccc4n(-c4ccc(B(c5ccc(-n6c7ccccc7c7ccc8oc9ccccc9c8c76)cc5)c5ccc(-n6c7ccccc7c7ccc8oc9ccccc9c8c76)cc5)cc4)c3c12. The van der Waals surface area contributed by atoms with Crippen LogP contribution in [0, 0.1) is 0 Å². The summed E-state index contributed by atoms with van der Waals surface area (Å²) in [6.45, 7) is -0.106. The highest BCUT2D eigenvalue weighted by Crippen LogP contribution is 2.44. The zero-order valence-electron chi connectivity index (χ0n) is 42.4. The summed E-state index contributed by atoms with van der Waals surface area (Å²) in [6, 6.07) is 92.2. The Balaban J connectivity index is 0.830. The molecule has 7 heteroatoms.